The van der Waals surface area contributed by atoms with Crippen molar-refractivity contribution >= 4 is 40.3 Å². The number of hydrogen-bond donors (Lipinski definition) is 3. The molecule has 0 spiro atoms. The van der Waals surface area contributed by atoms with Crippen molar-refractivity contribution in [2.75, 3.05) is 16.0 Å². The molecule has 0 atom stereocenters. The summed E-state index contributed by atoms with van der Waals surface area (Å²) in [6, 6.07) is 17.8. The number of carbonyl (C=O) groups excluding carboxylic acids is 2. The van der Waals surface area contributed by atoms with Gasteiger partial charge in [0.15, 0.2) is 0 Å². The first-order valence-corrected chi connectivity index (χ1v) is 9.50. The van der Waals surface area contributed by atoms with E-state index in [0.29, 0.717) is 21.9 Å². The van der Waals surface area contributed by atoms with E-state index < -0.39 is 0 Å². The molecule has 2 aromatic carbocycles. The number of para-hydroxylation sites is 1. The molecule has 3 N–H and O–H groups in total. The third-order valence-corrected chi connectivity index (χ3v) is 5.36. The summed E-state index contributed by atoms with van der Waals surface area (Å²) >= 11 is 1.51. The Kier molecular flexibility index (Phi) is 5.88. The normalized spacial score (nSPS) is 10.3. The molecule has 0 saturated heterocycles. The Morgan fingerprint density at radius 1 is 0.852 bits per heavy atom. The summed E-state index contributed by atoms with van der Waals surface area (Å²) in [5, 5.41) is 8.41. The lowest BCUT2D eigenvalue weighted by molar-refractivity contribution is 0.103. The van der Waals surface area contributed by atoms with Crippen molar-refractivity contribution in [2.45, 2.75) is 20.3 Å². The monoisotopic (exact) mass is 379 g/mol. The van der Waals surface area contributed by atoms with E-state index in [1.807, 2.05) is 43.3 Å². The van der Waals surface area contributed by atoms with Crippen LogP contribution in [0, 0.1) is 6.92 Å². The second kappa shape index (κ2) is 8.51. The van der Waals surface area contributed by atoms with Gasteiger partial charge in [-0.05, 0) is 55.3 Å². The first kappa shape index (κ1) is 18.7. The minimum atomic E-state index is -0.342. The van der Waals surface area contributed by atoms with Crippen molar-refractivity contribution in [3.8, 4) is 0 Å². The van der Waals surface area contributed by atoms with Crippen molar-refractivity contribution < 1.29 is 9.59 Å². The number of carbonyl (C=O) groups is 2. The van der Waals surface area contributed by atoms with Gasteiger partial charge in [0.1, 0.15) is 0 Å². The number of urea groups is 1. The van der Waals surface area contributed by atoms with Gasteiger partial charge in [-0.1, -0.05) is 31.2 Å². The molecule has 1 heterocycles. The van der Waals surface area contributed by atoms with E-state index in [1.54, 1.807) is 24.3 Å². The van der Waals surface area contributed by atoms with Crippen LogP contribution in [0.5, 0.6) is 0 Å². The van der Waals surface area contributed by atoms with Gasteiger partial charge >= 0.3 is 6.03 Å². The van der Waals surface area contributed by atoms with E-state index in [1.165, 1.54) is 16.2 Å². The van der Waals surface area contributed by atoms with Crippen LogP contribution in [-0.2, 0) is 6.42 Å². The third-order valence-electron chi connectivity index (χ3n) is 3.98. The van der Waals surface area contributed by atoms with E-state index in [2.05, 4.69) is 22.9 Å². The average molecular weight is 379 g/mol. The molecule has 0 unspecified atom stereocenters. The van der Waals surface area contributed by atoms with Crippen molar-refractivity contribution in [3.63, 3.8) is 0 Å². The summed E-state index contributed by atoms with van der Waals surface area (Å²) in [4.78, 5) is 26.5. The molecule has 0 radical (unpaired) electrons. The molecule has 0 aliphatic carbocycles. The summed E-state index contributed by atoms with van der Waals surface area (Å²) in [5.74, 6) is -0.145. The van der Waals surface area contributed by atoms with E-state index in [0.717, 1.165) is 12.0 Å². The summed E-state index contributed by atoms with van der Waals surface area (Å²) in [7, 11) is 0. The molecule has 0 saturated carbocycles. The van der Waals surface area contributed by atoms with Gasteiger partial charge in [-0.25, -0.2) is 4.79 Å². The number of aryl methyl sites for hydroxylation is 2. The van der Waals surface area contributed by atoms with Crippen LogP contribution in [0.4, 0.5) is 21.9 Å². The lowest BCUT2D eigenvalue weighted by Crippen LogP contribution is -2.19. The highest BCUT2D eigenvalue weighted by atomic mass is 32.1. The van der Waals surface area contributed by atoms with E-state index >= 15 is 0 Å². The molecule has 0 bridgehead atoms. The maximum absolute atomic E-state index is 12.5. The predicted octanol–water partition coefficient (Wildman–Crippen LogP) is 5.52. The van der Waals surface area contributed by atoms with Gasteiger partial charge in [-0.15, -0.1) is 11.3 Å². The molecule has 138 valence electrons. The fourth-order valence-electron chi connectivity index (χ4n) is 2.67. The van der Waals surface area contributed by atoms with Gasteiger partial charge in [-0.2, -0.15) is 0 Å². The van der Waals surface area contributed by atoms with Gasteiger partial charge in [0.25, 0.3) is 5.91 Å². The number of thiophene rings is 1. The van der Waals surface area contributed by atoms with Crippen molar-refractivity contribution in [1.82, 2.24) is 0 Å². The maximum atomic E-state index is 12.5. The molecule has 3 rings (SSSR count). The fourth-order valence-corrected chi connectivity index (χ4v) is 3.67. The van der Waals surface area contributed by atoms with Gasteiger partial charge in [-0.3, -0.25) is 4.79 Å². The zero-order chi connectivity index (χ0) is 19.2. The Balaban J connectivity index is 1.64. The van der Waals surface area contributed by atoms with Crippen LogP contribution >= 0.6 is 11.3 Å². The molecule has 0 aliphatic heterocycles. The van der Waals surface area contributed by atoms with Crippen molar-refractivity contribution in [1.29, 1.82) is 0 Å². The highest BCUT2D eigenvalue weighted by molar-refractivity contribution is 7.14. The SMILES string of the molecule is CCc1sc(C(=O)Nc2cccc(NC(=O)Nc3ccccc3)c2)cc1C. The lowest BCUT2D eigenvalue weighted by atomic mass is 10.2. The number of nitrogens with one attached hydrogen (secondary N) is 3. The summed E-state index contributed by atoms with van der Waals surface area (Å²) in [6.07, 6.45) is 0.916. The Bertz CT molecular complexity index is 951. The Hall–Kier alpha value is -3.12. The van der Waals surface area contributed by atoms with E-state index in [9.17, 15) is 9.59 Å². The summed E-state index contributed by atoms with van der Waals surface area (Å²) < 4.78 is 0. The molecular formula is C21H21N3O2S. The van der Waals surface area contributed by atoms with Crippen molar-refractivity contribution in [2.24, 2.45) is 0 Å². The van der Waals surface area contributed by atoms with Gasteiger partial charge in [0.2, 0.25) is 0 Å². The molecule has 0 aliphatic rings. The lowest BCUT2D eigenvalue weighted by Gasteiger charge is -2.09. The predicted molar refractivity (Wildman–Crippen MR) is 112 cm³/mol. The van der Waals surface area contributed by atoms with Gasteiger partial charge < -0.3 is 16.0 Å². The minimum absolute atomic E-state index is 0.145. The third kappa shape index (κ3) is 4.95. The van der Waals surface area contributed by atoms with Crippen LogP contribution in [0.25, 0.3) is 0 Å². The molecule has 6 heteroatoms. The molecular weight excluding hydrogens is 358 g/mol. The number of anilines is 3. The van der Waals surface area contributed by atoms with E-state index in [4.69, 9.17) is 0 Å². The zero-order valence-electron chi connectivity index (χ0n) is 15.2. The number of amides is 3. The molecule has 0 fully saturated rings. The molecule has 3 amide bonds. The van der Waals surface area contributed by atoms with Crippen molar-refractivity contribution in [3.05, 3.63) is 76.0 Å². The van der Waals surface area contributed by atoms with Crippen LogP contribution < -0.4 is 16.0 Å². The van der Waals surface area contributed by atoms with Gasteiger partial charge in [0.05, 0.1) is 4.88 Å². The quantitative estimate of drug-likeness (QED) is 0.546. The number of hydrogen-bond acceptors (Lipinski definition) is 3. The molecule has 1 aromatic heterocycles. The Labute approximate surface area is 162 Å². The molecule has 3 aromatic rings. The highest BCUT2D eigenvalue weighted by Gasteiger charge is 2.12. The smallest absolute Gasteiger partial charge is 0.321 e. The maximum Gasteiger partial charge on any atom is 0.323 e. The Morgan fingerprint density at radius 3 is 2.15 bits per heavy atom. The number of benzene rings is 2. The fraction of sp³-hybridized carbons (Fsp3) is 0.143. The molecule has 5 nitrogen and oxygen atoms in total. The largest absolute Gasteiger partial charge is 0.323 e. The summed E-state index contributed by atoms with van der Waals surface area (Å²) in [6.45, 7) is 4.10. The summed E-state index contributed by atoms with van der Waals surface area (Å²) in [5.41, 5.74) is 3.07. The van der Waals surface area contributed by atoms with Crippen LogP contribution in [0.3, 0.4) is 0 Å². The first-order chi connectivity index (χ1) is 13.0. The van der Waals surface area contributed by atoms with E-state index in [-0.39, 0.29) is 11.9 Å². The van der Waals surface area contributed by atoms with Crippen LogP contribution in [0.15, 0.2) is 60.7 Å². The standard InChI is InChI=1S/C21H21N3O2S/c1-3-18-14(2)12-19(27-18)20(25)22-16-10-7-11-17(13-16)24-21(26)23-15-8-5-4-6-9-15/h4-13H,3H2,1-2H3,(H,22,25)(H2,23,24,26). The van der Waals surface area contributed by atoms with Gasteiger partial charge in [0, 0.05) is 21.9 Å². The van der Waals surface area contributed by atoms with Crippen LogP contribution in [0.2, 0.25) is 0 Å². The second-order valence-electron chi connectivity index (χ2n) is 6.05. The average Bonchev–Trinajstić information content (AvgIpc) is 3.04. The highest BCUT2D eigenvalue weighted by Crippen LogP contribution is 2.24. The minimum Gasteiger partial charge on any atom is -0.321 e. The zero-order valence-corrected chi connectivity index (χ0v) is 16.0. The van der Waals surface area contributed by atoms with Crippen LogP contribution in [-0.4, -0.2) is 11.9 Å². The first-order valence-electron chi connectivity index (χ1n) is 8.69. The molecule has 27 heavy (non-hydrogen) atoms. The second-order valence-corrected chi connectivity index (χ2v) is 7.19. The Morgan fingerprint density at radius 2 is 1.48 bits per heavy atom. The topological polar surface area (TPSA) is 70.2 Å². The number of rotatable bonds is 5. The van der Waals surface area contributed by atoms with Crippen LogP contribution in [0.1, 0.15) is 27.0 Å².